The zero-order chi connectivity index (χ0) is 55.7. The fourth-order valence-electron chi connectivity index (χ4n) is 7.70. The van der Waals surface area contributed by atoms with Crippen molar-refractivity contribution in [3.05, 3.63) is 170 Å². The van der Waals surface area contributed by atoms with Crippen molar-refractivity contribution in [1.29, 1.82) is 0 Å². The first-order valence-corrected chi connectivity index (χ1v) is 30.6. The maximum absolute atomic E-state index is 12.9. The molecular formula is C71H110O6. The quantitative estimate of drug-likeness (QED) is 0.0261. The molecule has 0 aromatic heterocycles. The molecule has 0 aliphatic rings. The van der Waals surface area contributed by atoms with Gasteiger partial charge in [-0.1, -0.05) is 255 Å². The van der Waals surface area contributed by atoms with Gasteiger partial charge in [-0.3, -0.25) is 14.4 Å². The largest absolute Gasteiger partial charge is 0.462 e. The minimum Gasteiger partial charge on any atom is -0.462 e. The molecule has 0 radical (unpaired) electrons. The molecule has 0 rings (SSSR count). The Morgan fingerprint density at radius 1 is 0.286 bits per heavy atom. The molecule has 6 nitrogen and oxygen atoms in total. The Kier molecular flexibility index (Phi) is 59.0. The van der Waals surface area contributed by atoms with Gasteiger partial charge in [0.1, 0.15) is 13.2 Å². The zero-order valence-corrected chi connectivity index (χ0v) is 49.1. The predicted molar refractivity (Wildman–Crippen MR) is 334 cm³/mol. The Morgan fingerprint density at radius 2 is 0.558 bits per heavy atom. The number of ether oxygens (including phenoxy) is 3. The van der Waals surface area contributed by atoms with Crippen LogP contribution in [0.2, 0.25) is 0 Å². The molecule has 0 fully saturated rings. The van der Waals surface area contributed by atoms with Crippen molar-refractivity contribution in [3.8, 4) is 0 Å². The molecule has 0 bridgehead atoms. The van der Waals surface area contributed by atoms with Crippen LogP contribution in [0.4, 0.5) is 0 Å². The van der Waals surface area contributed by atoms with Gasteiger partial charge in [-0.05, 0) is 135 Å². The first-order chi connectivity index (χ1) is 38.0. The van der Waals surface area contributed by atoms with Crippen LogP contribution in [-0.2, 0) is 28.6 Å². The van der Waals surface area contributed by atoms with Crippen LogP contribution in [0.5, 0.6) is 0 Å². The number of esters is 3. The van der Waals surface area contributed by atoms with Crippen molar-refractivity contribution in [3.63, 3.8) is 0 Å². The summed E-state index contributed by atoms with van der Waals surface area (Å²) in [6.45, 7) is 6.27. The minimum atomic E-state index is -0.847. The highest BCUT2D eigenvalue weighted by Crippen LogP contribution is 2.13. The van der Waals surface area contributed by atoms with Gasteiger partial charge in [0.15, 0.2) is 6.10 Å². The second-order valence-electron chi connectivity index (χ2n) is 19.5. The van der Waals surface area contributed by atoms with Crippen LogP contribution >= 0.6 is 0 Å². The van der Waals surface area contributed by atoms with Gasteiger partial charge >= 0.3 is 17.9 Å². The van der Waals surface area contributed by atoms with Crippen LogP contribution in [0.3, 0.4) is 0 Å². The third kappa shape index (κ3) is 61.5. The summed E-state index contributed by atoms with van der Waals surface area (Å²) in [4.78, 5) is 38.2. The lowest BCUT2D eigenvalue weighted by molar-refractivity contribution is -0.166. The van der Waals surface area contributed by atoms with Gasteiger partial charge < -0.3 is 14.2 Å². The van der Waals surface area contributed by atoms with Crippen molar-refractivity contribution < 1.29 is 28.6 Å². The van der Waals surface area contributed by atoms with Crippen molar-refractivity contribution in [2.75, 3.05) is 13.2 Å². The van der Waals surface area contributed by atoms with E-state index in [1.54, 1.807) is 6.08 Å². The summed E-state index contributed by atoms with van der Waals surface area (Å²) in [6.07, 6.45) is 93.7. The summed E-state index contributed by atoms with van der Waals surface area (Å²) < 4.78 is 16.8. The summed E-state index contributed by atoms with van der Waals surface area (Å²) in [5.41, 5.74) is 0. The summed E-state index contributed by atoms with van der Waals surface area (Å²) in [6, 6.07) is 0. The molecule has 0 aliphatic heterocycles. The molecule has 0 saturated carbocycles. The highest BCUT2D eigenvalue weighted by molar-refractivity contribution is 5.72. The summed E-state index contributed by atoms with van der Waals surface area (Å²) in [7, 11) is 0. The standard InChI is InChI=1S/C71H110O6/c1-4-7-10-13-16-19-22-25-28-30-32-34-35-37-38-40-43-46-49-52-55-58-61-64-70(73)76-67-68(66-75-69(72)63-60-57-54-51-48-45-42-27-24-21-18-15-12-9-6-3)77-71(74)65-62-59-56-53-50-47-44-41-39-36-33-31-29-26-23-20-17-14-11-8-5-2/h7,9-10,12,16,18-19,21,23,25-28,31-34,37-39,41-43,46,48,51,57,60,68H,4-6,8,11,13-15,17,20,22,24,29-30,35-36,40,44-45,47,49-50,52-56,58-59,61-67H2,1-3H3/b10-7-,12-9-,19-16-,21-18-,26-23-,28-25-,33-31-,34-32-,38-37-,41-39-,42-27-,46-43-,51-48-,60-57-. The summed E-state index contributed by atoms with van der Waals surface area (Å²) >= 11 is 0. The van der Waals surface area contributed by atoms with E-state index in [0.29, 0.717) is 6.42 Å². The Morgan fingerprint density at radius 3 is 0.909 bits per heavy atom. The number of unbranched alkanes of at least 4 members (excludes halogenated alkanes) is 15. The van der Waals surface area contributed by atoms with E-state index in [-0.39, 0.29) is 38.0 Å². The van der Waals surface area contributed by atoms with Crippen LogP contribution in [0, 0.1) is 0 Å². The van der Waals surface area contributed by atoms with E-state index >= 15 is 0 Å². The number of hydrogen-bond donors (Lipinski definition) is 0. The highest BCUT2D eigenvalue weighted by Gasteiger charge is 2.19. The van der Waals surface area contributed by atoms with Crippen LogP contribution in [-0.4, -0.2) is 37.2 Å². The van der Waals surface area contributed by atoms with E-state index in [4.69, 9.17) is 14.2 Å². The van der Waals surface area contributed by atoms with Crippen LogP contribution < -0.4 is 0 Å². The molecule has 6 heteroatoms. The molecule has 0 spiro atoms. The molecule has 0 aliphatic carbocycles. The van der Waals surface area contributed by atoms with Crippen molar-refractivity contribution in [1.82, 2.24) is 0 Å². The smallest absolute Gasteiger partial charge is 0.309 e. The van der Waals surface area contributed by atoms with Crippen molar-refractivity contribution in [2.24, 2.45) is 0 Å². The monoisotopic (exact) mass is 1060 g/mol. The molecule has 0 aromatic carbocycles. The Bertz CT molecular complexity index is 1790. The number of carbonyl (C=O) groups excluding carboxylic acids is 3. The first kappa shape index (κ1) is 71.8. The topological polar surface area (TPSA) is 78.9 Å². The molecule has 0 N–H and O–H groups in total. The van der Waals surface area contributed by atoms with Gasteiger partial charge in [-0.25, -0.2) is 0 Å². The van der Waals surface area contributed by atoms with E-state index in [9.17, 15) is 14.4 Å². The fourth-order valence-corrected chi connectivity index (χ4v) is 7.70. The van der Waals surface area contributed by atoms with E-state index in [0.717, 1.165) is 148 Å². The van der Waals surface area contributed by atoms with Gasteiger partial charge in [0, 0.05) is 12.8 Å². The maximum atomic E-state index is 12.9. The molecule has 1 unspecified atom stereocenters. The molecule has 0 heterocycles. The maximum Gasteiger partial charge on any atom is 0.309 e. The average molecular weight is 1060 g/mol. The van der Waals surface area contributed by atoms with Gasteiger partial charge in [-0.2, -0.15) is 0 Å². The van der Waals surface area contributed by atoms with Crippen LogP contribution in [0.25, 0.3) is 0 Å². The molecular weight excluding hydrogens is 949 g/mol. The van der Waals surface area contributed by atoms with E-state index in [1.165, 1.54) is 51.4 Å². The normalized spacial score (nSPS) is 13.3. The van der Waals surface area contributed by atoms with Gasteiger partial charge in [0.05, 0.1) is 6.42 Å². The zero-order valence-electron chi connectivity index (χ0n) is 49.1. The molecule has 0 aromatic rings. The van der Waals surface area contributed by atoms with Crippen molar-refractivity contribution in [2.45, 2.75) is 245 Å². The SMILES string of the molecule is CC/C=C\C/C=C\C/C=C\C/C=C\C/C=C\C/C=C\CCCCCCC(=O)OCC(COC(=O)C/C=C\C/C=C\C/C=C\C/C=C\C/C=C\CC)OC(=O)CCCCCCCC/C=C\C/C=C\C/C=C\CCCCCCC. The molecule has 0 amide bonds. The Labute approximate surface area is 472 Å². The van der Waals surface area contributed by atoms with Crippen LogP contribution in [0.1, 0.15) is 239 Å². The minimum absolute atomic E-state index is 0.110. The Hall–Kier alpha value is -5.23. The van der Waals surface area contributed by atoms with E-state index < -0.39 is 12.1 Å². The lowest BCUT2D eigenvalue weighted by Crippen LogP contribution is -2.30. The second kappa shape index (κ2) is 63.3. The first-order valence-electron chi connectivity index (χ1n) is 30.6. The highest BCUT2D eigenvalue weighted by atomic mass is 16.6. The summed E-state index contributed by atoms with van der Waals surface area (Å²) in [5.74, 6) is -1.11. The van der Waals surface area contributed by atoms with Gasteiger partial charge in [-0.15, -0.1) is 0 Å². The Balaban J connectivity index is 4.57. The average Bonchev–Trinajstić information content (AvgIpc) is 3.43. The second-order valence-corrected chi connectivity index (χ2v) is 19.5. The van der Waals surface area contributed by atoms with Crippen LogP contribution in [0.15, 0.2) is 170 Å². The lowest BCUT2D eigenvalue weighted by atomic mass is 10.1. The molecule has 1 atom stereocenters. The van der Waals surface area contributed by atoms with Gasteiger partial charge in [0.25, 0.3) is 0 Å². The third-order valence-electron chi connectivity index (χ3n) is 12.2. The molecule has 0 saturated heterocycles. The van der Waals surface area contributed by atoms with E-state index in [2.05, 4.69) is 179 Å². The lowest BCUT2D eigenvalue weighted by Gasteiger charge is -2.18. The van der Waals surface area contributed by atoms with Gasteiger partial charge in [0.2, 0.25) is 0 Å². The van der Waals surface area contributed by atoms with E-state index in [1.807, 2.05) is 6.08 Å². The molecule has 77 heavy (non-hydrogen) atoms. The number of hydrogen-bond acceptors (Lipinski definition) is 6. The fraction of sp³-hybridized carbons (Fsp3) is 0.563. The van der Waals surface area contributed by atoms with Crippen molar-refractivity contribution >= 4 is 17.9 Å². The number of carbonyl (C=O) groups is 3. The number of rotatable bonds is 53. The number of allylic oxidation sites excluding steroid dienone is 27. The summed E-state index contributed by atoms with van der Waals surface area (Å²) in [5, 5.41) is 0. The third-order valence-corrected chi connectivity index (χ3v) is 12.2. The molecule has 430 valence electrons. The predicted octanol–water partition coefficient (Wildman–Crippen LogP) is 21.1.